The van der Waals surface area contributed by atoms with Crippen molar-refractivity contribution in [1.82, 2.24) is 0 Å². The minimum absolute atomic E-state index is 0.0342. The van der Waals surface area contributed by atoms with Crippen molar-refractivity contribution < 1.29 is 9.90 Å². The van der Waals surface area contributed by atoms with Crippen LogP contribution in [0.25, 0.3) is 0 Å². The highest BCUT2D eigenvalue weighted by Crippen LogP contribution is 2.65. The van der Waals surface area contributed by atoms with Gasteiger partial charge in [0.1, 0.15) is 0 Å². The Morgan fingerprint density at radius 1 is 1.27 bits per heavy atom. The maximum absolute atomic E-state index is 11.2. The fourth-order valence-corrected chi connectivity index (χ4v) is 5.07. The Balaban J connectivity index is 1.78. The molecule has 15 heavy (non-hydrogen) atoms. The SMILES string of the molecule is O=C(O)C1CC2CC1C1=C3CCC(C3)C12. The highest BCUT2D eigenvalue weighted by molar-refractivity contribution is 5.72. The number of carboxylic acids is 1. The van der Waals surface area contributed by atoms with Crippen LogP contribution in [0.1, 0.15) is 32.1 Å². The van der Waals surface area contributed by atoms with E-state index in [2.05, 4.69) is 0 Å². The van der Waals surface area contributed by atoms with Gasteiger partial charge in [0.05, 0.1) is 5.92 Å². The first-order valence-corrected chi connectivity index (χ1v) is 6.20. The molecular formula is C13H16O2. The maximum atomic E-state index is 11.2. The first-order chi connectivity index (χ1) is 7.25. The van der Waals surface area contributed by atoms with Crippen LogP contribution in [-0.4, -0.2) is 11.1 Å². The molecule has 4 bridgehead atoms. The Kier molecular flexibility index (Phi) is 1.38. The van der Waals surface area contributed by atoms with Crippen LogP contribution in [0.4, 0.5) is 0 Å². The van der Waals surface area contributed by atoms with Crippen molar-refractivity contribution in [3.63, 3.8) is 0 Å². The summed E-state index contributed by atoms with van der Waals surface area (Å²) in [6, 6.07) is 0. The second-order valence-corrected chi connectivity index (χ2v) is 5.87. The monoisotopic (exact) mass is 204 g/mol. The summed E-state index contributed by atoms with van der Waals surface area (Å²) in [5, 5.41) is 9.20. The van der Waals surface area contributed by atoms with Gasteiger partial charge in [0.25, 0.3) is 0 Å². The highest BCUT2D eigenvalue weighted by atomic mass is 16.4. The van der Waals surface area contributed by atoms with Gasteiger partial charge in [-0.25, -0.2) is 0 Å². The average molecular weight is 204 g/mol. The first-order valence-electron chi connectivity index (χ1n) is 6.20. The van der Waals surface area contributed by atoms with E-state index in [0.717, 1.165) is 24.2 Å². The van der Waals surface area contributed by atoms with E-state index >= 15 is 0 Å². The summed E-state index contributed by atoms with van der Waals surface area (Å²) in [6.45, 7) is 0. The Labute approximate surface area is 89.4 Å². The van der Waals surface area contributed by atoms with Gasteiger partial charge in [-0.2, -0.15) is 0 Å². The molecule has 80 valence electrons. The maximum Gasteiger partial charge on any atom is 0.307 e. The number of aliphatic carboxylic acids is 1. The van der Waals surface area contributed by atoms with Gasteiger partial charge in [0, 0.05) is 0 Å². The molecule has 0 spiro atoms. The summed E-state index contributed by atoms with van der Waals surface area (Å²) in [6.07, 6.45) is 6.16. The number of rotatable bonds is 1. The highest BCUT2D eigenvalue weighted by Gasteiger charge is 2.58. The van der Waals surface area contributed by atoms with E-state index in [1.165, 1.54) is 25.7 Å². The van der Waals surface area contributed by atoms with Gasteiger partial charge >= 0.3 is 5.97 Å². The lowest BCUT2D eigenvalue weighted by Gasteiger charge is -2.31. The number of hydrogen-bond donors (Lipinski definition) is 1. The Bertz CT molecular complexity index is 382. The van der Waals surface area contributed by atoms with Gasteiger partial charge in [-0.3, -0.25) is 4.79 Å². The molecule has 2 heteroatoms. The van der Waals surface area contributed by atoms with E-state index in [0.29, 0.717) is 5.92 Å². The normalized spacial score (nSPS) is 50.3. The van der Waals surface area contributed by atoms with Crippen molar-refractivity contribution in [2.75, 3.05) is 0 Å². The minimum Gasteiger partial charge on any atom is -0.481 e. The molecule has 0 aromatic carbocycles. The summed E-state index contributed by atoms with van der Waals surface area (Å²) in [5.74, 6) is 2.34. The standard InChI is InChI=1S/C13H16O2/c14-13(15)10-5-8-4-9(10)12-7-2-1-6(3-7)11(8)12/h6,8-11H,1-5H2,(H,14,15). The van der Waals surface area contributed by atoms with Crippen LogP contribution in [-0.2, 0) is 4.79 Å². The number of allylic oxidation sites excluding steroid dienone is 2. The lowest BCUT2D eigenvalue weighted by molar-refractivity contribution is -0.143. The third kappa shape index (κ3) is 0.849. The summed E-state index contributed by atoms with van der Waals surface area (Å²) in [7, 11) is 0. The molecule has 0 saturated heterocycles. The molecule has 0 heterocycles. The van der Waals surface area contributed by atoms with E-state index in [4.69, 9.17) is 0 Å². The summed E-state index contributed by atoms with van der Waals surface area (Å²) >= 11 is 0. The molecule has 0 radical (unpaired) electrons. The van der Waals surface area contributed by atoms with E-state index in [9.17, 15) is 9.90 Å². The average Bonchev–Trinajstić information content (AvgIpc) is 2.95. The van der Waals surface area contributed by atoms with Gasteiger partial charge in [-0.15, -0.1) is 0 Å². The topological polar surface area (TPSA) is 37.3 Å². The molecule has 3 saturated carbocycles. The molecule has 5 atom stereocenters. The number of fused-ring (bicyclic) bond motifs is 8. The van der Waals surface area contributed by atoms with Crippen LogP contribution in [0.2, 0.25) is 0 Å². The molecule has 0 aliphatic heterocycles. The molecule has 4 rings (SSSR count). The van der Waals surface area contributed by atoms with Crippen LogP contribution >= 0.6 is 0 Å². The fraction of sp³-hybridized carbons (Fsp3) is 0.769. The molecule has 2 nitrogen and oxygen atoms in total. The number of carboxylic acid groups (broad SMARTS) is 1. The fourth-order valence-electron chi connectivity index (χ4n) is 5.07. The van der Waals surface area contributed by atoms with E-state index in [1.54, 1.807) is 11.1 Å². The molecule has 0 amide bonds. The summed E-state index contributed by atoms with van der Waals surface area (Å²) in [4.78, 5) is 11.2. The second kappa shape index (κ2) is 2.47. The predicted molar refractivity (Wildman–Crippen MR) is 55.2 cm³/mol. The van der Waals surface area contributed by atoms with Crippen molar-refractivity contribution >= 4 is 5.97 Å². The van der Waals surface area contributed by atoms with Gasteiger partial charge < -0.3 is 5.11 Å². The van der Waals surface area contributed by atoms with Crippen LogP contribution < -0.4 is 0 Å². The van der Waals surface area contributed by atoms with Crippen molar-refractivity contribution in [3.8, 4) is 0 Å². The smallest absolute Gasteiger partial charge is 0.307 e. The second-order valence-electron chi connectivity index (χ2n) is 5.87. The zero-order valence-electron chi connectivity index (χ0n) is 8.78. The number of carbonyl (C=O) groups is 1. The zero-order valence-corrected chi connectivity index (χ0v) is 8.78. The molecule has 0 aromatic rings. The van der Waals surface area contributed by atoms with Crippen LogP contribution in [0.3, 0.4) is 0 Å². The van der Waals surface area contributed by atoms with E-state index in [1.807, 2.05) is 0 Å². The Morgan fingerprint density at radius 3 is 2.93 bits per heavy atom. The third-order valence-electron chi connectivity index (χ3n) is 5.42. The van der Waals surface area contributed by atoms with Gasteiger partial charge in [-0.05, 0) is 55.8 Å². The number of hydrogen-bond acceptors (Lipinski definition) is 1. The quantitative estimate of drug-likeness (QED) is 0.666. The first kappa shape index (κ1) is 8.37. The zero-order chi connectivity index (χ0) is 10.2. The molecule has 0 aromatic heterocycles. The molecular weight excluding hydrogens is 188 g/mol. The lowest BCUT2D eigenvalue weighted by atomic mass is 9.73. The molecule has 4 aliphatic carbocycles. The molecule has 4 aliphatic rings. The lowest BCUT2D eigenvalue weighted by Crippen LogP contribution is -2.28. The van der Waals surface area contributed by atoms with Crippen LogP contribution in [0.5, 0.6) is 0 Å². The van der Waals surface area contributed by atoms with Crippen molar-refractivity contribution in [1.29, 1.82) is 0 Å². The van der Waals surface area contributed by atoms with Crippen molar-refractivity contribution in [3.05, 3.63) is 11.1 Å². The van der Waals surface area contributed by atoms with Gasteiger partial charge in [-0.1, -0.05) is 11.1 Å². The van der Waals surface area contributed by atoms with Gasteiger partial charge in [0.15, 0.2) is 0 Å². The van der Waals surface area contributed by atoms with E-state index < -0.39 is 5.97 Å². The molecule has 1 N–H and O–H groups in total. The van der Waals surface area contributed by atoms with E-state index in [-0.39, 0.29) is 5.92 Å². The summed E-state index contributed by atoms with van der Waals surface area (Å²) in [5.41, 5.74) is 3.30. The van der Waals surface area contributed by atoms with Crippen LogP contribution in [0.15, 0.2) is 11.1 Å². The third-order valence-corrected chi connectivity index (χ3v) is 5.42. The van der Waals surface area contributed by atoms with Crippen molar-refractivity contribution in [2.24, 2.45) is 29.6 Å². The summed E-state index contributed by atoms with van der Waals surface area (Å²) < 4.78 is 0. The Morgan fingerprint density at radius 2 is 2.13 bits per heavy atom. The van der Waals surface area contributed by atoms with Crippen LogP contribution in [0, 0.1) is 29.6 Å². The molecule has 5 unspecified atom stereocenters. The molecule has 3 fully saturated rings. The minimum atomic E-state index is -0.545. The van der Waals surface area contributed by atoms with Crippen molar-refractivity contribution in [2.45, 2.75) is 32.1 Å². The van der Waals surface area contributed by atoms with Gasteiger partial charge in [0.2, 0.25) is 0 Å². The predicted octanol–water partition coefficient (Wildman–Crippen LogP) is 2.45. The largest absolute Gasteiger partial charge is 0.481 e. The Hall–Kier alpha value is -0.790.